The first kappa shape index (κ1) is 29.6. The highest BCUT2D eigenvalue weighted by Crippen LogP contribution is 2.38. The van der Waals surface area contributed by atoms with Crippen LogP contribution >= 0.6 is 23.7 Å². The molecule has 0 saturated carbocycles. The van der Waals surface area contributed by atoms with E-state index in [4.69, 9.17) is 18.9 Å². The fraction of sp³-hybridized carbons (Fsp3) is 0.385. The van der Waals surface area contributed by atoms with Crippen molar-refractivity contribution in [1.29, 1.82) is 0 Å². The minimum atomic E-state index is -0.758. The topological polar surface area (TPSA) is 73.4 Å². The second kappa shape index (κ2) is 13.7. The Labute approximate surface area is 230 Å². The molecule has 38 heavy (non-hydrogen) atoms. The molecule has 1 aromatic heterocycles. The van der Waals surface area contributed by atoms with Crippen molar-refractivity contribution in [2.75, 3.05) is 65.6 Å². The van der Waals surface area contributed by atoms with Crippen molar-refractivity contribution in [3.63, 3.8) is 0 Å². The number of benzene rings is 2. The number of hydrogen-bond acceptors (Lipinski definition) is 8. The van der Waals surface area contributed by atoms with E-state index in [2.05, 4.69) is 9.88 Å². The third-order valence-electron chi connectivity index (χ3n) is 5.96. The normalized spacial score (nSPS) is 13.9. The first-order valence-corrected chi connectivity index (χ1v) is 12.6. The van der Waals surface area contributed by atoms with Crippen molar-refractivity contribution < 1.29 is 32.5 Å². The number of thiazole rings is 1. The zero-order chi connectivity index (χ0) is 26.4. The fourth-order valence-corrected chi connectivity index (χ4v) is 5.13. The Morgan fingerprint density at radius 1 is 1.11 bits per heavy atom. The highest BCUT2D eigenvalue weighted by Gasteiger charge is 2.21. The molecule has 4 rings (SSSR count). The Morgan fingerprint density at radius 2 is 1.79 bits per heavy atom. The molecular weight excluding hydrogens is 540 g/mol. The Kier molecular flexibility index (Phi) is 10.7. The maximum absolute atomic E-state index is 14.3. The van der Waals surface area contributed by atoms with Crippen LogP contribution in [0.15, 0.2) is 30.3 Å². The number of carbonyl (C=O) groups excluding carboxylic acids is 1. The van der Waals surface area contributed by atoms with Crippen LogP contribution in [0.5, 0.6) is 17.2 Å². The molecule has 3 aromatic rings. The van der Waals surface area contributed by atoms with Crippen molar-refractivity contribution in [3.8, 4) is 17.2 Å². The van der Waals surface area contributed by atoms with Crippen LogP contribution in [0.3, 0.4) is 0 Å². The van der Waals surface area contributed by atoms with Gasteiger partial charge in [-0.2, -0.15) is 0 Å². The zero-order valence-electron chi connectivity index (χ0n) is 21.4. The molecule has 0 spiro atoms. The monoisotopic (exact) mass is 569 g/mol. The lowest BCUT2D eigenvalue weighted by molar-refractivity contribution is -0.114. The molecule has 12 heteroatoms. The van der Waals surface area contributed by atoms with Gasteiger partial charge in [0.15, 0.2) is 22.4 Å². The molecule has 1 fully saturated rings. The maximum atomic E-state index is 14.3. The second-order valence-electron chi connectivity index (χ2n) is 8.32. The van der Waals surface area contributed by atoms with E-state index in [-0.39, 0.29) is 23.8 Å². The number of fused-ring (bicyclic) bond motifs is 1. The van der Waals surface area contributed by atoms with Crippen LogP contribution in [-0.4, -0.2) is 76.5 Å². The number of nitrogens with zero attached hydrogens (tertiary/aromatic N) is 3. The first-order chi connectivity index (χ1) is 17.9. The fourth-order valence-electron chi connectivity index (χ4n) is 4.09. The van der Waals surface area contributed by atoms with E-state index in [0.717, 1.165) is 37.0 Å². The van der Waals surface area contributed by atoms with Gasteiger partial charge in [0, 0.05) is 38.3 Å². The number of rotatable bonds is 10. The zero-order valence-corrected chi connectivity index (χ0v) is 23.0. The number of ether oxygens (including phenoxy) is 4. The summed E-state index contributed by atoms with van der Waals surface area (Å²) in [5.41, 5.74) is 0.703. The average Bonchev–Trinajstić information content (AvgIpc) is 3.33. The van der Waals surface area contributed by atoms with Crippen LogP contribution in [0.1, 0.15) is 12.0 Å². The second-order valence-corrected chi connectivity index (χ2v) is 9.33. The van der Waals surface area contributed by atoms with Gasteiger partial charge >= 0.3 is 0 Å². The Balaban J connectivity index is 0.00000400. The number of amides is 1. The first-order valence-electron chi connectivity index (χ1n) is 11.8. The van der Waals surface area contributed by atoms with Crippen LogP contribution in [0, 0.1) is 11.6 Å². The summed E-state index contributed by atoms with van der Waals surface area (Å²) in [4.78, 5) is 21.5. The van der Waals surface area contributed by atoms with Crippen molar-refractivity contribution in [3.05, 3.63) is 47.5 Å². The Morgan fingerprint density at radius 3 is 2.42 bits per heavy atom. The Bertz CT molecular complexity index is 1260. The predicted octanol–water partition coefficient (Wildman–Crippen LogP) is 4.79. The lowest BCUT2D eigenvalue weighted by Crippen LogP contribution is -2.39. The van der Waals surface area contributed by atoms with Crippen molar-refractivity contribution in [2.45, 2.75) is 6.42 Å². The summed E-state index contributed by atoms with van der Waals surface area (Å²) in [6.45, 7) is 4.17. The lowest BCUT2D eigenvalue weighted by atomic mass is 10.1. The summed E-state index contributed by atoms with van der Waals surface area (Å²) >= 11 is 1.08. The molecule has 2 heterocycles. The molecule has 8 nitrogen and oxygen atoms in total. The number of anilines is 1. The van der Waals surface area contributed by atoms with E-state index in [1.807, 2.05) is 0 Å². The van der Waals surface area contributed by atoms with Crippen molar-refractivity contribution >= 4 is 51.1 Å². The summed E-state index contributed by atoms with van der Waals surface area (Å²) in [5.74, 6) is -0.420. The smallest absolute Gasteiger partial charge is 0.252 e. The van der Waals surface area contributed by atoms with Gasteiger partial charge in [-0.05, 0) is 36.3 Å². The third-order valence-corrected chi connectivity index (χ3v) is 6.99. The van der Waals surface area contributed by atoms with E-state index in [1.54, 1.807) is 18.2 Å². The molecule has 2 aromatic carbocycles. The maximum Gasteiger partial charge on any atom is 0.252 e. The summed E-state index contributed by atoms with van der Waals surface area (Å²) in [7, 11) is 4.55. The summed E-state index contributed by atoms with van der Waals surface area (Å²) in [6, 6.07) is 5.47. The molecule has 0 radical (unpaired) electrons. The third kappa shape index (κ3) is 6.90. The quantitative estimate of drug-likeness (QED) is 0.325. The number of halogens is 3. The molecule has 206 valence electrons. The van der Waals surface area contributed by atoms with Crippen molar-refractivity contribution in [1.82, 2.24) is 9.88 Å². The number of hydrogen-bond donors (Lipinski definition) is 0. The molecular formula is C26H30ClF2N3O5S. The molecule has 1 amide bonds. The van der Waals surface area contributed by atoms with E-state index in [9.17, 15) is 13.6 Å². The van der Waals surface area contributed by atoms with Crippen LogP contribution in [-0.2, 0) is 9.53 Å². The molecule has 1 saturated heterocycles. The van der Waals surface area contributed by atoms with Gasteiger partial charge in [-0.25, -0.2) is 13.8 Å². The van der Waals surface area contributed by atoms with E-state index >= 15 is 0 Å². The van der Waals surface area contributed by atoms with E-state index in [1.165, 1.54) is 38.4 Å². The van der Waals surface area contributed by atoms with Gasteiger partial charge in [-0.1, -0.05) is 11.3 Å². The largest absolute Gasteiger partial charge is 0.493 e. The van der Waals surface area contributed by atoms with Gasteiger partial charge in [-0.15, -0.1) is 12.4 Å². The number of morpholine rings is 1. The van der Waals surface area contributed by atoms with Gasteiger partial charge in [0.05, 0.1) is 39.2 Å². The molecule has 0 aliphatic carbocycles. The molecule has 0 atom stereocenters. The van der Waals surface area contributed by atoms with Gasteiger partial charge in [-0.3, -0.25) is 14.6 Å². The van der Waals surface area contributed by atoms with Crippen LogP contribution < -0.4 is 19.1 Å². The summed E-state index contributed by atoms with van der Waals surface area (Å²) < 4.78 is 49.9. The molecule has 0 bridgehead atoms. The predicted molar refractivity (Wildman–Crippen MR) is 146 cm³/mol. The SMILES string of the molecule is COc1cc(/C=C/C(=O)N(CCCN2CCOCC2)c2nc3c(F)cc(F)cc3s2)cc(OC)c1OC.Cl. The van der Waals surface area contributed by atoms with Crippen LogP contribution in [0.25, 0.3) is 16.3 Å². The van der Waals surface area contributed by atoms with E-state index < -0.39 is 11.6 Å². The summed E-state index contributed by atoms with van der Waals surface area (Å²) in [6.07, 6.45) is 3.73. The molecule has 0 N–H and O–H groups in total. The van der Waals surface area contributed by atoms with Crippen LogP contribution in [0.2, 0.25) is 0 Å². The van der Waals surface area contributed by atoms with Gasteiger partial charge in [0.1, 0.15) is 11.3 Å². The highest BCUT2D eigenvalue weighted by atomic mass is 35.5. The van der Waals surface area contributed by atoms with Gasteiger partial charge < -0.3 is 18.9 Å². The number of aromatic nitrogens is 1. The molecule has 0 unspecified atom stereocenters. The number of methoxy groups -OCH3 is 3. The number of carbonyl (C=O) groups is 1. The molecule has 1 aliphatic rings. The Hall–Kier alpha value is -2.99. The van der Waals surface area contributed by atoms with Crippen LogP contribution in [0.4, 0.5) is 13.9 Å². The van der Waals surface area contributed by atoms with Gasteiger partial charge in [0.2, 0.25) is 5.75 Å². The van der Waals surface area contributed by atoms with Crippen molar-refractivity contribution in [2.24, 2.45) is 0 Å². The molecule has 1 aliphatic heterocycles. The summed E-state index contributed by atoms with van der Waals surface area (Å²) in [5, 5.41) is 0.306. The van der Waals surface area contributed by atoms with Gasteiger partial charge in [0.25, 0.3) is 5.91 Å². The highest BCUT2D eigenvalue weighted by molar-refractivity contribution is 7.22. The minimum absolute atomic E-state index is 0. The minimum Gasteiger partial charge on any atom is -0.493 e. The van der Waals surface area contributed by atoms with E-state index in [0.29, 0.717) is 58.8 Å². The lowest BCUT2D eigenvalue weighted by Gasteiger charge is -2.27. The average molecular weight is 570 g/mol. The standard InChI is InChI=1S/C26H29F2N3O5S.ClH/c1-33-20-13-17(14-21(34-2)25(20)35-3)5-6-23(32)31(8-4-7-30-9-11-36-12-10-30)26-29-24-19(28)15-18(27)16-22(24)37-26;/h5-6,13-16H,4,7-12H2,1-3H3;1H/b6-5+;.